The molecule has 5 nitrogen and oxygen atoms in total. The maximum Gasteiger partial charge on any atom is 0.269 e. The average Bonchev–Trinajstić information content (AvgIpc) is 2.97. The molecule has 1 aliphatic carbocycles. The van der Waals surface area contributed by atoms with Crippen LogP contribution in [0.4, 0.5) is 5.69 Å². The van der Waals surface area contributed by atoms with Crippen LogP contribution < -0.4 is 5.32 Å². The molecule has 1 aliphatic heterocycles. The third-order valence-corrected chi connectivity index (χ3v) is 5.05. The first-order valence-electron chi connectivity index (χ1n) is 7.44. The molecule has 1 aromatic rings. The molecule has 3 rings (SSSR count). The highest BCUT2D eigenvalue weighted by Gasteiger charge is 2.23. The summed E-state index contributed by atoms with van der Waals surface area (Å²) in [5.41, 5.74) is 1.18. The minimum Gasteiger partial charge on any atom is -0.362 e. The molecule has 0 amide bonds. The van der Waals surface area contributed by atoms with Gasteiger partial charge in [-0.15, -0.1) is 0 Å². The molecule has 0 saturated heterocycles. The number of nitrogens with zero attached hydrogens (tertiary/aromatic N) is 2. The van der Waals surface area contributed by atoms with E-state index in [1.165, 1.54) is 32.1 Å². The van der Waals surface area contributed by atoms with E-state index in [9.17, 15) is 10.1 Å². The van der Waals surface area contributed by atoms with E-state index in [4.69, 9.17) is 4.99 Å². The van der Waals surface area contributed by atoms with Gasteiger partial charge in [0.05, 0.1) is 11.0 Å². The molecule has 2 aliphatic rings. The molecule has 112 valence electrons. The molecule has 0 spiro atoms. The Hall–Kier alpha value is -1.56. The smallest absolute Gasteiger partial charge is 0.269 e. The Labute approximate surface area is 128 Å². The number of non-ortho nitro benzene ring substituents is 1. The predicted molar refractivity (Wildman–Crippen MR) is 85.7 cm³/mol. The Morgan fingerprint density at radius 1 is 1.19 bits per heavy atom. The molecule has 1 saturated carbocycles. The predicted octanol–water partition coefficient (Wildman–Crippen LogP) is 3.66. The second kappa shape index (κ2) is 6.47. The van der Waals surface area contributed by atoms with Crippen LogP contribution in [-0.2, 0) is 0 Å². The van der Waals surface area contributed by atoms with Crippen LogP contribution in [0.25, 0.3) is 0 Å². The molecular weight excluding hydrogens is 286 g/mol. The lowest BCUT2D eigenvalue weighted by Crippen LogP contribution is -2.33. The van der Waals surface area contributed by atoms with E-state index in [-0.39, 0.29) is 16.7 Å². The van der Waals surface area contributed by atoms with Gasteiger partial charge in [-0.25, -0.2) is 0 Å². The summed E-state index contributed by atoms with van der Waals surface area (Å²) >= 11 is 1.75. The van der Waals surface area contributed by atoms with Crippen molar-refractivity contribution in [2.45, 2.75) is 44.2 Å². The molecule has 21 heavy (non-hydrogen) atoms. The molecule has 1 aromatic carbocycles. The first-order valence-corrected chi connectivity index (χ1v) is 8.42. The third-order valence-electron chi connectivity index (χ3n) is 4.07. The number of rotatable bonds is 3. The van der Waals surface area contributed by atoms with Crippen LogP contribution in [0.3, 0.4) is 0 Å². The van der Waals surface area contributed by atoms with Crippen molar-refractivity contribution >= 4 is 22.6 Å². The van der Waals surface area contributed by atoms with E-state index >= 15 is 0 Å². The number of benzene rings is 1. The number of thioether (sulfide) groups is 1. The van der Waals surface area contributed by atoms with E-state index in [1.807, 2.05) is 12.1 Å². The van der Waals surface area contributed by atoms with Crippen LogP contribution in [0.1, 0.15) is 43.7 Å². The molecule has 1 fully saturated rings. The minimum absolute atomic E-state index is 0.113. The van der Waals surface area contributed by atoms with Gasteiger partial charge in [0.25, 0.3) is 5.69 Å². The molecule has 1 atom stereocenters. The molecule has 0 bridgehead atoms. The van der Waals surface area contributed by atoms with Gasteiger partial charge in [0.15, 0.2) is 5.17 Å². The maximum absolute atomic E-state index is 10.7. The Morgan fingerprint density at radius 3 is 2.57 bits per heavy atom. The number of nitrogens with one attached hydrogen (secondary N) is 1. The molecule has 0 unspecified atom stereocenters. The van der Waals surface area contributed by atoms with E-state index in [0.717, 1.165) is 16.5 Å². The van der Waals surface area contributed by atoms with Crippen molar-refractivity contribution in [1.29, 1.82) is 0 Å². The van der Waals surface area contributed by atoms with Crippen molar-refractivity contribution in [3.05, 3.63) is 39.9 Å². The lowest BCUT2D eigenvalue weighted by atomic mass is 9.96. The summed E-state index contributed by atoms with van der Waals surface area (Å²) in [5, 5.41) is 15.3. The monoisotopic (exact) mass is 305 g/mol. The summed E-state index contributed by atoms with van der Waals surface area (Å²) in [5.74, 6) is 0.910. The van der Waals surface area contributed by atoms with Gasteiger partial charge < -0.3 is 5.32 Å². The fraction of sp³-hybridized carbons (Fsp3) is 0.533. The molecule has 0 aromatic heterocycles. The molecule has 1 N–H and O–H groups in total. The van der Waals surface area contributed by atoms with Gasteiger partial charge in [0.2, 0.25) is 0 Å². The first kappa shape index (κ1) is 14.4. The first-order chi connectivity index (χ1) is 10.2. The van der Waals surface area contributed by atoms with Crippen molar-refractivity contribution in [2.75, 3.05) is 5.75 Å². The van der Waals surface area contributed by atoms with Gasteiger partial charge in [-0.1, -0.05) is 43.2 Å². The summed E-state index contributed by atoms with van der Waals surface area (Å²) in [7, 11) is 0. The highest BCUT2D eigenvalue weighted by Crippen LogP contribution is 2.31. The van der Waals surface area contributed by atoms with Crippen LogP contribution in [0.5, 0.6) is 0 Å². The fourth-order valence-corrected chi connectivity index (χ4v) is 3.90. The van der Waals surface area contributed by atoms with Crippen molar-refractivity contribution in [3.8, 4) is 0 Å². The normalized spacial score (nSPS) is 22.9. The molecule has 1 heterocycles. The van der Waals surface area contributed by atoms with Crippen molar-refractivity contribution in [2.24, 2.45) is 4.99 Å². The Balaban J connectivity index is 1.63. The lowest BCUT2D eigenvalue weighted by molar-refractivity contribution is -0.384. The number of hydrogen-bond acceptors (Lipinski definition) is 5. The summed E-state index contributed by atoms with van der Waals surface area (Å²) in [6.07, 6.45) is 6.44. The summed E-state index contributed by atoms with van der Waals surface area (Å²) in [6, 6.07) is 7.43. The Bertz CT molecular complexity index is 538. The van der Waals surface area contributed by atoms with Crippen molar-refractivity contribution < 1.29 is 4.92 Å². The summed E-state index contributed by atoms with van der Waals surface area (Å²) in [6.45, 7) is 0. The lowest BCUT2D eigenvalue weighted by Gasteiger charge is -2.23. The zero-order chi connectivity index (χ0) is 14.7. The zero-order valence-corrected chi connectivity index (χ0v) is 12.6. The average molecular weight is 305 g/mol. The number of aliphatic imine (C=N–C) groups is 1. The highest BCUT2D eigenvalue weighted by molar-refractivity contribution is 8.14. The second-order valence-corrected chi connectivity index (χ2v) is 6.60. The summed E-state index contributed by atoms with van der Waals surface area (Å²) < 4.78 is 0. The van der Waals surface area contributed by atoms with Crippen molar-refractivity contribution in [1.82, 2.24) is 5.32 Å². The zero-order valence-electron chi connectivity index (χ0n) is 11.8. The van der Waals surface area contributed by atoms with Gasteiger partial charge in [-0.05, 0) is 18.4 Å². The van der Waals surface area contributed by atoms with E-state index in [1.54, 1.807) is 23.9 Å². The van der Waals surface area contributed by atoms with Crippen LogP contribution in [0.15, 0.2) is 29.3 Å². The topological polar surface area (TPSA) is 67.5 Å². The fourth-order valence-electron chi connectivity index (χ4n) is 2.86. The van der Waals surface area contributed by atoms with Gasteiger partial charge in [0.1, 0.15) is 0 Å². The van der Waals surface area contributed by atoms with E-state index < -0.39 is 0 Å². The second-order valence-electron chi connectivity index (χ2n) is 5.59. The van der Waals surface area contributed by atoms with Crippen LogP contribution in [0.2, 0.25) is 0 Å². The quantitative estimate of drug-likeness (QED) is 0.683. The van der Waals surface area contributed by atoms with Crippen molar-refractivity contribution in [3.63, 3.8) is 0 Å². The number of nitro benzene ring substituents is 1. The van der Waals surface area contributed by atoms with Crippen LogP contribution >= 0.6 is 11.8 Å². The third kappa shape index (κ3) is 3.56. The standard InChI is InChI=1S/C15H19N3O2S/c19-18(20)13-8-6-11(7-9-13)14-10-21-15(17-14)16-12-4-2-1-3-5-12/h6-9,12,14H,1-5,10H2,(H,16,17)/t14-/m1/s1. The minimum atomic E-state index is -0.369. The SMILES string of the molecule is O=[N+]([O-])c1ccc([C@H]2CSC(NC3CCCCC3)=N2)cc1. The maximum atomic E-state index is 10.7. The van der Waals surface area contributed by atoms with E-state index in [2.05, 4.69) is 5.32 Å². The van der Waals surface area contributed by atoms with Crippen LogP contribution in [0, 0.1) is 10.1 Å². The van der Waals surface area contributed by atoms with E-state index in [0.29, 0.717) is 6.04 Å². The largest absolute Gasteiger partial charge is 0.362 e. The molecular formula is C15H19N3O2S. The summed E-state index contributed by atoms with van der Waals surface area (Å²) in [4.78, 5) is 15.0. The van der Waals surface area contributed by atoms with Gasteiger partial charge >= 0.3 is 0 Å². The highest BCUT2D eigenvalue weighted by atomic mass is 32.2. The van der Waals surface area contributed by atoms with Gasteiger partial charge in [0, 0.05) is 23.9 Å². The number of amidine groups is 1. The molecule has 0 radical (unpaired) electrons. The van der Waals surface area contributed by atoms with Crippen LogP contribution in [-0.4, -0.2) is 21.9 Å². The number of nitro groups is 1. The molecule has 6 heteroatoms. The number of hydrogen-bond donors (Lipinski definition) is 1. The Kier molecular flexibility index (Phi) is 4.43. The van der Waals surface area contributed by atoms with Gasteiger partial charge in [-0.3, -0.25) is 15.1 Å². The Morgan fingerprint density at radius 2 is 1.90 bits per heavy atom. The van der Waals surface area contributed by atoms with Gasteiger partial charge in [-0.2, -0.15) is 0 Å².